The summed E-state index contributed by atoms with van der Waals surface area (Å²) in [5.74, 6) is 0. The Kier molecular flexibility index (Phi) is 4.83. The lowest BCUT2D eigenvalue weighted by atomic mass is 10.3. The van der Waals surface area contributed by atoms with Crippen LogP contribution in [0, 0.1) is 0 Å². The van der Waals surface area contributed by atoms with E-state index in [1.807, 2.05) is 0 Å². The summed E-state index contributed by atoms with van der Waals surface area (Å²) in [7, 11) is 2.13. The molecule has 1 atom stereocenters. The molecule has 110 valence electrons. The lowest BCUT2D eigenvalue weighted by Gasteiger charge is -2.25. The first-order valence-electron chi connectivity index (χ1n) is 6.87. The van der Waals surface area contributed by atoms with E-state index < -0.39 is 0 Å². The molecule has 0 bridgehead atoms. The summed E-state index contributed by atoms with van der Waals surface area (Å²) in [4.78, 5) is 14.3. The minimum absolute atomic E-state index is 0.183. The average Bonchev–Trinajstić information content (AvgIpc) is 3.26. The molecule has 1 saturated carbocycles. The number of hydrogen-bond donors (Lipinski definition) is 1. The summed E-state index contributed by atoms with van der Waals surface area (Å²) in [6, 6.07) is 1.09. The van der Waals surface area contributed by atoms with Crippen LogP contribution in [-0.2, 0) is 6.54 Å². The molecule has 0 aromatic carbocycles. The summed E-state index contributed by atoms with van der Waals surface area (Å²) in [6.45, 7) is 6.84. The standard InChI is InChI=1S/C14H21ClN4O/c1-4-7-19-14(20)13(15)12(9-17-19)16-8-10(2)18(3)11-5-6-11/h4,9-11,16H,1,5-8H2,2-3H3. The molecule has 1 aliphatic rings. The second-order valence-electron chi connectivity index (χ2n) is 5.27. The first kappa shape index (κ1) is 15.1. The van der Waals surface area contributed by atoms with Crippen LogP contribution in [0.25, 0.3) is 0 Å². The molecule has 1 aliphatic carbocycles. The number of aromatic nitrogens is 2. The molecule has 1 N–H and O–H groups in total. The largest absolute Gasteiger partial charge is 0.381 e. The van der Waals surface area contributed by atoms with Crippen LogP contribution in [0.5, 0.6) is 0 Å². The Labute approximate surface area is 124 Å². The van der Waals surface area contributed by atoms with Crippen molar-refractivity contribution in [3.05, 3.63) is 34.2 Å². The normalized spacial score (nSPS) is 16.2. The van der Waals surface area contributed by atoms with Gasteiger partial charge in [-0.3, -0.25) is 9.69 Å². The van der Waals surface area contributed by atoms with Crippen molar-refractivity contribution < 1.29 is 0 Å². The fourth-order valence-corrected chi connectivity index (χ4v) is 2.30. The summed E-state index contributed by atoms with van der Waals surface area (Å²) in [5.41, 5.74) is 0.299. The summed E-state index contributed by atoms with van der Waals surface area (Å²) < 4.78 is 1.29. The molecule has 1 fully saturated rings. The number of allylic oxidation sites excluding steroid dienone is 1. The predicted octanol–water partition coefficient (Wildman–Crippen LogP) is 1.98. The Bertz CT molecular complexity index is 538. The summed E-state index contributed by atoms with van der Waals surface area (Å²) >= 11 is 6.09. The van der Waals surface area contributed by atoms with Gasteiger partial charge in [0.25, 0.3) is 5.56 Å². The lowest BCUT2D eigenvalue weighted by molar-refractivity contribution is 0.257. The molecule has 20 heavy (non-hydrogen) atoms. The first-order valence-corrected chi connectivity index (χ1v) is 7.24. The van der Waals surface area contributed by atoms with Crippen LogP contribution in [0.15, 0.2) is 23.6 Å². The molecule has 1 aromatic rings. The number of halogens is 1. The average molecular weight is 297 g/mol. The van der Waals surface area contributed by atoms with Gasteiger partial charge in [-0.15, -0.1) is 6.58 Å². The Balaban J connectivity index is 2.00. The maximum absolute atomic E-state index is 11.9. The lowest BCUT2D eigenvalue weighted by Crippen LogP contribution is -2.36. The number of nitrogens with one attached hydrogen (secondary N) is 1. The molecule has 0 saturated heterocycles. The van der Waals surface area contributed by atoms with E-state index in [2.05, 4.69) is 35.9 Å². The highest BCUT2D eigenvalue weighted by Crippen LogP contribution is 2.27. The zero-order chi connectivity index (χ0) is 14.7. The SMILES string of the molecule is C=CCn1ncc(NCC(C)N(C)C2CC2)c(Cl)c1=O. The number of anilines is 1. The van der Waals surface area contributed by atoms with E-state index in [-0.39, 0.29) is 10.6 Å². The van der Waals surface area contributed by atoms with Crippen LogP contribution in [0.1, 0.15) is 19.8 Å². The topological polar surface area (TPSA) is 50.2 Å². The number of nitrogens with zero attached hydrogens (tertiary/aromatic N) is 3. The quantitative estimate of drug-likeness (QED) is 0.782. The van der Waals surface area contributed by atoms with Gasteiger partial charge >= 0.3 is 0 Å². The molecular formula is C14H21ClN4O. The van der Waals surface area contributed by atoms with Gasteiger partial charge in [0.1, 0.15) is 5.02 Å². The van der Waals surface area contributed by atoms with Gasteiger partial charge in [0.15, 0.2) is 0 Å². The highest BCUT2D eigenvalue weighted by Gasteiger charge is 2.28. The van der Waals surface area contributed by atoms with E-state index >= 15 is 0 Å². The Morgan fingerprint density at radius 3 is 3.00 bits per heavy atom. The molecule has 1 unspecified atom stereocenters. The highest BCUT2D eigenvalue weighted by atomic mass is 35.5. The molecular weight excluding hydrogens is 276 g/mol. The van der Waals surface area contributed by atoms with Gasteiger partial charge in [0, 0.05) is 18.6 Å². The van der Waals surface area contributed by atoms with Gasteiger partial charge in [0.05, 0.1) is 18.4 Å². The zero-order valence-corrected chi connectivity index (χ0v) is 12.7. The van der Waals surface area contributed by atoms with E-state index in [0.29, 0.717) is 24.3 Å². The molecule has 2 rings (SSSR count). The minimum atomic E-state index is -0.292. The van der Waals surface area contributed by atoms with Gasteiger partial charge in [-0.2, -0.15) is 5.10 Å². The third-order valence-electron chi connectivity index (χ3n) is 3.69. The maximum Gasteiger partial charge on any atom is 0.287 e. The predicted molar refractivity (Wildman–Crippen MR) is 82.4 cm³/mol. The zero-order valence-electron chi connectivity index (χ0n) is 12.0. The Hall–Kier alpha value is -1.33. The third-order valence-corrected chi connectivity index (χ3v) is 4.06. The molecule has 6 heteroatoms. The van der Waals surface area contributed by atoms with E-state index in [4.69, 9.17) is 11.6 Å². The van der Waals surface area contributed by atoms with Gasteiger partial charge in [-0.05, 0) is 26.8 Å². The smallest absolute Gasteiger partial charge is 0.287 e. The monoisotopic (exact) mass is 296 g/mol. The van der Waals surface area contributed by atoms with Crippen molar-refractivity contribution in [3.8, 4) is 0 Å². The van der Waals surface area contributed by atoms with Gasteiger partial charge in [-0.25, -0.2) is 4.68 Å². The molecule has 0 radical (unpaired) electrons. The van der Waals surface area contributed by atoms with Crippen molar-refractivity contribution in [1.82, 2.24) is 14.7 Å². The second-order valence-corrected chi connectivity index (χ2v) is 5.65. The van der Waals surface area contributed by atoms with E-state index in [9.17, 15) is 4.79 Å². The maximum atomic E-state index is 11.9. The van der Waals surface area contributed by atoms with Crippen molar-refractivity contribution in [2.24, 2.45) is 0 Å². The Morgan fingerprint density at radius 2 is 2.40 bits per heavy atom. The number of hydrogen-bond acceptors (Lipinski definition) is 4. The van der Waals surface area contributed by atoms with Crippen molar-refractivity contribution in [2.75, 3.05) is 18.9 Å². The molecule has 0 aliphatic heterocycles. The molecule has 0 spiro atoms. The van der Waals surface area contributed by atoms with E-state index in [1.165, 1.54) is 17.5 Å². The molecule has 5 nitrogen and oxygen atoms in total. The van der Waals surface area contributed by atoms with Crippen LogP contribution >= 0.6 is 11.6 Å². The van der Waals surface area contributed by atoms with E-state index in [1.54, 1.807) is 12.3 Å². The van der Waals surface area contributed by atoms with Gasteiger partial charge in [0.2, 0.25) is 0 Å². The van der Waals surface area contributed by atoms with E-state index in [0.717, 1.165) is 6.54 Å². The van der Waals surface area contributed by atoms with Crippen LogP contribution < -0.4 is 10.9 Å². The third kappa shape index (κ3) is 3.41. The highest BCUT2D eigenvalue weighted by molar-refractivity contribution is 6.32. The number of likely N-dealkylation sites (N-methyl/N-ethyl adjacent to an activating group) is 1. The molecule has 1 heterocycles. The van der Waals surface area contributed by atoms with Crippen LogP contribution in [0.2, 0.25) is 5.02 Å². The van der Waals surface area contributed by atoms with Crippen molar-refractivity contribution in [2.45, 2.75) is 38.4 Å². The van der Waals surface area contributed by atoms with Gasteiger partial charge in [-0.1, -0.05) is 17.7 Å². The van der Waals surface area contributed by atoms with Crippen molar-refractivity contribution >= 4 is 17.3 Å². The molecule has 1 aromatic heterocycles. The van der Waals surface area contributed by atoms with Crippen molar-refractivity contribution in [1.29, 1.82) is 0 Å². The summed E-state index contributed by atoms with van der Waals surface area (Å²) in [6.07, 6.45) is 5.77. The molecule has 0 amide bonds. The van der Waals surface area contributed by atoms with Gasteiger partial charge < -0.3 is 5.32 Å². The second kappa shape index (κ2) is 6.41. The number of rotatable bonds is 7. The van der Waals surface area contributed by atoms with Crippen LogP contribution in [-0.4, -0.2) is 40.4 Å². The fraction of sp³-hybridized carbons (Fsp3) is 0.571. The van der Waals surface area contributed by atoms with Crippen molar-refractivity contribution in [3.63, 3.8) is 0 Å². The summed E-state index contributed by atoms with van der Waals surface area (Å²) in [5, 5.41) is 7.47. The fourth-order valence-electron chi connectivity index (χ4n) is 2.08. The van der Waals surface area contributed by atoms with Crippen LogP contribution in [0.3, 0.4) is 0 Å². The van der Waals surface area contributed by atoms with Crippen LogP contribution in [0.4, 0.5) is 5.69 Å². The Morgan fingerprint density at radius 1 is 1.70 bits per heavy atom. The first-order chi connectivity index (χ1) is 9.54. The minimum Gasteiger partial charge on any atom is -0.381 e.